The van der Waals surface area contributed by atoms with Crippen LogP contribution < -0.4 is 16.4 Å². The maximum Gasteiger partial charge on any atom is 0.251 e. The fraction of sp³-hybridized carbons (Fsp3) is 0.500. The highest BCUT2D eigenvalue weighted by molar-refractivity contribution is 5.99. The Hall–Kier alpha value is -1.59. The topological polar surface area (TPSA) is 84.2 Å². The summed E-state index contributed by atoms with van der Waals surface area (Å²) in [5.41, 5.74) is 7.80. The Morgan fingerprint density at radius 3 is 2.68 bits per heavy atom. The zero-order valence-electron chi connectivity index (χ0n) is 13.0. The van der Waals surface area contributed by atoms with Crippen LogP contribution in [0.15, 0.2) is 18.2 Å². The normalized spacial score (nSPS) is 20.1. The molecule has 5 nitrogen and oxygen atoms in total. The number of hydrogen-bond donors (Lipinski definition) is 3. The monoisotopic (exact) mass is 325 g/mol. The van der Waals surface area contributed by atoms with E-state index in [1.54, 1.807) is 19.2 Å². The molecule has 122 valence electrons. The number of rotatable bonds is 4. The predicted octanol–water partition coefficient (Wildman–Crippen LogP) is 2.09. The lowest BCUT2D eigenvalue weighted by atomic mass is 9.95. The van der Waals surface area contributed by atoms with Gasteiger partial charge in [-0.2, -0.15) is 0 Å². The number of hydrogen-bond acceptors (Lipinski definition) is 3. The molecule has 22 heavy (non-hydrogen) atoms. The van der Waals surface area contributed by atoms with Crippen molar-refractivity contribution in [3.63, 3.8) is 0 Å². The van der Waals surface area contributed by atoms with Crippen molar-refractivity contribution in [3.8, 4) is 0 Å². The van der Waals surface area contributed by atoms with Crippen molar-refractivity contribution in [3.05, 3.63) is 29.3 Å². The molecule has 2 rings (SSSR count). The lowest BCUT2D eigenvalue weighted by Gasteiger charge is -2.19. The Kier molecular flexibility index (Phi) is 6.84. The van der Waals surface area contributed by atoms with Gasteiger partial charge in [-0.25, -0.2) is 0 Å². The third-order valence-electron chi connectivity index (χ3n) is 4.36. The van der Waals surface area contributed by atoms with Crippen LogP contribution in [-0.2, 0) is 4.79 Å². The lowest BCUT2D eigenvalue weighted by Crippen LogP contribution is -2.30. The fourth-order valence-corrected chi connectivity index (χ4v) is 3.04. The van der Waals surface area contributed by atoms with Crippen LogP contribution in [0.1, 0.15) is 35.2 Å². The third kappa shape index (κ3) is 3.78. The summed E-state index contributed by atoms with van der Waals surface area (Å²) in [5, 5.41) is 5.57. The zero-order valence-corrected chi connectivity index (χ0v) is 13.8. The van der Waals surface area contributed by atoms with Gasteiger partial charge in [0.1, 0.15) is 0 Å². The summed E-state index contributed by atoms with van der Waals surface area (Å²) in [7, 11) is 1.59. The maximum absolute atomic E-state index is 12.4. The van der Waals surface area contributed by atoms with E-state index < -0.39 is 0 Å². The van der Waals surface area contributed by atoms with Crippen LogP contribution in [0.2, 0.25) is 0 Å². The number of halogens is 1. The summed E-state index contributed by atoms with van der Waals surface area (Å²) in [6, 6.07) is 5.36. The van der Waals surface area contributed by atoms with Gasteiger partial charge in [0.25, 0.3) is 5.91 Å². The van der Waals surface area contributed by atoms with Crippen molar-refractivity contribution in [2.45, 2.75) is 26.2 Å². The molecule has 0 bridgehead atoms. The van der Waals surface area contributed by atoms with Crippen molar-refractivity contribution >= 4 is 29.9 Å². The molecule has 1 aliphatic carbocycles. The number of carbonyl (C=O) groups is 2. The van der Waals surface area contributed by atoms with Crippen molar-refractivity contribution in [1.82, 2.24) is 5.32 Å². The first kappa shape index (κ1) is 18.5. The van der Waals surface area contributed by atoms with Gasteiger partial charge in [-0.1, -0.05) is 12.5 Å². The number of anilines is 1. The van der Waals surface area contributed by atoms with Gasteiger partial charge in [0.2, 0.25) is 5.91 Å². The molecule has 1 aliphatic rings. The minimum absolute atomic E-state index is 0. The molecule has 0 aliphatic heterocycles. The minimum Gasteiger partial charge on any atom is -0.355 e. The molecule has 0 spiro atoms. The molecule has 2 atom stereocenters. The van der Waals surface area contributed by atoms with Crippen molar-refractivity contribution in [2.24, 2.45) is 17.6 Å². The van der Waals surface area contributed by atoms with Crippen molar-refractivity contribution in [2.75, 3.05) is 18.9 Å². The van der Waals surface area contributed by atoms with Crippen LogP contribution in [-0.4, -0.2) is 25.4 Å². The van der Waals surface area contributed by atoms with E-state index in [4.69, 9.17) is 5.73 Å². The van der Waals surface area contributed by atoms with Crippen LogP contribution in [0.25, 0.3) is 0 Å². The van der Waals surface area contributed by atoms with Gasteiger partial charge >= 0.3 is 0 Å². The van der Waals surface area contributed by atoms with E-state index in [-0.39, 0.29) is 36.1 Å². The van der Waals surface area contributed by atoms with Gasteiger partial charge in [0, 0.05) is 24.2 Å². The highest BCUT2D eigenvalue weighted by atomic mass is 35.5. The van der Waals surface area contributed by atoms with Crippen LogP contribution >= 0.6 is 12.4 Å². The van der Waals surface area contributed by atoms with E-state index in [9.17, 15) is 9.59 Å². The van der Waals surface area contributed by atoms with Gasteiger partial charge in [-0.15, -0.1) is 12.4 Å². The van der Waals surface area contributed by atoms with Crippen LogP contribution in [0.4, 0.5) is 5.69 Å². The van der Waals surface area contributed by atoms with E-state index >= 15 is 0 Å². The molecule has 1 aromatic carbocycles. The van der Waals surface area contributed by atoms with Gasteiger partial charge in [0.15, 0.2) is 0 Å². The Balaban J connectivity index is 0.00000242. The number of nitrogens with two attached hydrogens (primary N) is 1. The summed E-state index contributed by atoms with van der Waals surface area (Å²) >= 11 is 0. The van der Waals surface area contributed by atoms with Gasteiger partial charge in [0.05, 0.1) is 0 Å². The molecule has 0 saturated heterocycles. The second-order valence-corrected chi connectivity index (χ2v) is 5.58. The molecule has 1 fully saturated rings. The Bertz CT molecular complexity index is 548. The Morgan fingerprint density at radius 1 is 1.32 bits per heavy atom. The van der Waals surface area contributed by atoms with Crippen molar-refractivity contribution in [1.29, 1.82) is 0 Å². The summed E-state index contributed by atoms with van der Waals surface area (Å²) < 4.78 is 0. The summed E-state index contributed by atoms with van der Waals surface area (Å²) in [6.45, 7) is 2.39. The molecule has 0 unspecified atom stereocenters. The molecular formula is C16H24ClN3O2. The number of benzene rings is 1. The van der Waals surface area contributed by atoms with Gasteiger partial charge in [-0.05, 0) is 49.9 Å². The van der Waals surface area contributed by atoms with E-state index in [0.29, 0.717) is 17.8 Å². The standard InChI is InChI=1S/C16H23N3O2.ClH/c1-10-12(15(20)18-2)6-4-8-14(10)19-16(21)13-7-3-5-11(13)9-17;/h4,6,8,11,13H,3,5,7,9,17H2,1-2H3,(H,18,20)(H,19,21);1H/t11-,13-;/m1./s1. The van der Waals surface area contributed by atoms with Crippen LogP contribution in [0.3, 0.4) is 0 Å². The first-order chi connectivity index (χ1) is 10.1. The van der Waals surface area contributed by atoms with Crippen LogP contribution in [0.5, 0.6) is 0 Å². The first-order valence-corrected chi connectivity index (χ1v) is 7.41. The number of carbonyl (C=O) groups excluding carboxylic acids is 2. The zero-order chi connectivity index (χ0) is 15.4. The highest BCUT2D eigenvalue weighted by Crippen LogP contribution is 2.32. The Morgan fingerprint density at radius 2 is 2.05 bits per heavy atom. The Labute approximate surface area is 137 Å². The number of nitrogens with one attached hydrogen (secondary N) is 2. The molecule has 0 radical (unpaired) electrons. The van der Waals surface area contributed by atoms with Gasteiger partial charge in [-0.3, -0.25) is 9.59 Å². The van der Waals surface area contributed by atoms with E-state index in [0.717, 1.165) is 24.8 Å². The second-order valence-electron chi connectivity index (χ2n) is 5.58. The molecule has 1 aromatic rings. The quantitative estimate of drug-likeness (QED) is 0.792. The summed E-state index contributed by atoms with van der Waals surface area (Å²) in [6.07, 6.45) is 2.96. The molecule has 4 N–H and O–H groups in total. The van der Waals surface area contributed by atoms with E-state index in [1.807, 2.05) is 13.0 Å². The maximum atomic E-state index is 12.4. The lowest BCUT2D eigenvalue weighted by molar-refractivity contribution is -0.120. The van der Waals surface area contributed by atoms with E-state index in [2.05, 4.69) is 10.6 Å². The average molecular weight is 326 g/mol. The molecule has 2 amide bonds. The smallest absolute Gasteiger partial charge is 0.251 e. The molecule has 0 heterocycles. The van der Waals surface area contributed by atoms with Crippen LogP contribution in [0, 0.1) is 18.8 Å². The molecule has 0 aromatic heterocycles. The number of amides is 2. The minimum atomic E-state index is -0.149. The average Bonchev–Trinajstić information content (AvgIpc) is 2.97. The van der Waals surface area contributed by atoms with E-state index in [1.165, 1.54) is 0 Å². The predicted molar refractivity (Wildman–Crippen MR) is 90.3 cm³/mol. The third-order valence-corrected chi connectivity index (χ3v) is 4.36. The fourth-order valence-electron chi connectivity index (χ4n) is 3.04. The molecular weight excluding hydrogens is 302 g/mol. The van der Waals surface area contributed by atoms with Gasteiger partial charge < -0.3 is 16.4 Å². The molecule has 1 saturated carbocycles. The van der Waals surface area contributed by atoms with Crippen molar-refractivity contribution < 1.29 is 9.59 Å². The largest absolute Gasteiger partial charge is 0.355 e. The summed E-state index contributed by atoms with van der Waals surface area (Å²) in [5.74, 6) is 0.120. The highest BCUT2D eigenvalue weighted by Gasteiger charge is 2.32. The first-order valence-electron chi connectivity index (χ1n) is 7.41. The SMILES string of the molecule is CNC(=O)c1cccc(NC(=O)[C@@H]2CCC[C@@H]2CN)c1C.Cl. The molecule has 6 heteroatoms. The summed E-state index contributed by atoms with van der Waals surface area (Å²) in [4.78, 5) is 24.2. The second kappa shape index (κ2) is 8.15.